The number of guanidine groups is 1. The van der Waals surface area contributed by atoms with Crippen molar-refractivity contribution in [1.82, 2.24) is 14.8 Å². The summed E-state index contributed by atoms with van der Waals surface area (Å²) in [6, 6.07) is 2.14. The van der Waals surface area contributed by atoms with Gasteiger partial charge in [-0.1, -0.05) is 6.92 Å². The Hall–Kier alpha value is -0.970. The number of halogens is 1. The fourth-order valence-electron chi connectivity index (χ4n) is 2.11. The minimum atomic E-state index is 0.491. The smallest absolute Gasteiger partial charge is 0.193 e. The molecule has 106 valence electrons. The summed E-state index contributed by atoms with van der Waals surface area (Å²) in [5.41, 5.74) is 1.75. The zero-order chi connectivity index (χ0) is 14.0. The van der Waals surface area contributed by atoms with Gasteiger partial charge in [0.05, 0.1) is 6.54 Å². The summed E-state index contributed by atoms with van der Waals surface area (Å²) in [6.07, 6.45) is 4.72. The summed E-state index contributed by atoms with van der Waals surface area (Å²) in [6.45, 7) is 4.18. The summed E-state index contributed by atoms with van der Waals surface area (Å²) < 4.78 is 3.25. The monoisotopic (exact) mass is 326 g/mol. The Labute approximate surface area is 124 Å². The molecular weight excluding hydrogens is 304 g/mol. The van der Waals surface area contributed by atoms with Gasteiger partial charge in [0, 0.05) is 44.1 Å². The van der Waals surface area contributed by atoms with Crippen molar-refractivity contribution in [3.05, 3.63) is 22.4 Å². The van der Waals surface area contributed by atoms with Gasteiger partial charge >= 0.3 is 0 Å². The summed E-state index contributed by atoms with van der Waals surface area (Å²) in [4.78, 5) is 6.52. The van der Waals surface area contributed by atoms with Crippen LogP contribution in [0.1, 0.15) is 25.5 Å². The molecule has 2 rings (SSSR count). The largest absolute Gasteiger partial charge is 0.356 e. The highest BCUT2D eigenvalue weighted by atomic mass is 79.9. The Balaban J connectivity index is 1.93. The molecule has 5 heteroatoms. The van der Waals surface area contributed by atoms with E-state index < -0.39 is 0 Å². The molecule has 1 aromatic rings. The first-order valence-corrected chi connectivity index (χ1v) is 7.45. The van der Waals surface area contributed by atoms with Crippen molar-refractivity contribution in [3.8, 4) is 0 Å². The molecule has 0 saturated heterocycles. The highest BCUT2D eigenvalue weighted by Gasteiger charge is 2.37. The molecule has 4 nitrogen and oxygen atoms in total. The molecule has 1 aromatic heterocycles. The summed E-state index contributed by atoms with van der Waals surface area (Å²) in [5, 5.41) is 3.47. The van der Waals surface area contributed by atoms with E-state index in [0.717, 1.165) is 23.5 Å². The van der Waals surface area contributed by atoms with Crippen molar-refractivity contribution in [2.75, 3.05) is 20.6 Å². The van der Waals surface area contributed by atoms with E-state index in [9.17, 15) is 0 Å². The first kappa shape index (κ1) is 14.4. The van der Waals surface area contributed by atoms with E-state index in [4.69, 9.17) is 0 Å². The van der Waals surface area contributed by atoms with Crippen LogP contribution < -0.4 is 5.32 Å². The van der Waals surface area contributed by atoms with Crippen molar-refractivity contribution in [3.63, 3.8) is 0 Å². The van der Waals surface area contributed by atoms with Gasteiger partial charge in [0.2, 0.25) is 0 Å². The third-order valence-electron chi connectivity index (χ3n) is 3.82. The van der Waals surface area contributed by atoms with Gasteiger partial charge in [-0.15, -0.1) is 0 Å². The van der Waals surface area contributed by atoms with Gasteiger partial charge in [-0.05, 0) is 40.3 Å². The van der Waals surface area contributed by atoms with Crippen LogP contribution >= 0.6 is 15.9 Å². The molecule has 19 heavy (non-hydrogen) atoms. The molecule has 1 N–H and O–H groups in total. The van der Waals surface area contributed by atoms with Crippen LogP contribution in [0, 0.1) is 5.41 Å². The van der Waals surface area contributed by atoms with Gasteiger partial charge in [-0.25, -0.2) is 0 Å². The summed E-state index contributed by atoms with van der Waals surface area (Å²) in [7, 11) is 5.98. The van der Waals surface area contributed by atoms with Crippen molar-refractivity contribution in [1.29, 1.82) is 0 Å². The number of hydrogen-bond acceptors (Lipinski definition) is 1. The Morgan fingerprint density at radius 2 is 2.26 bits per heavy atom. The fourth-order valence-corrected chi connectivity index (χ4v) is 2.68. The van der Waals surface area contributed by atoms with Gasteiger partial charge in [0.25, 0.3) is 0 Å². The minimum absolute atomic E-state index is 0.491. The normalized spacial score (nSPS) is 17.4. The number of rotatable bonds is 4. The molecule has 0 radical (unpaired) electrons. The van der Waals surface area contributed by atoms with Crippen LogP contribution in [0.3, 0.4) is 0 Å². The highest BCUT2D eigenvalue weighted by molar-refractivity contribution is 9.10. The van der Waals surface area contributed by atoms with Crippen molar-refractivity contribution in [2.45, 2.75) is 26.3 Å². The van der Waals surface area contributed by atoms with Crippen molar-refractivity contribution in [2.24, 2.45) is 17.5 Å². The maximum atomic E-state index is 4.36. The lowest BCUT2D eigenvalue weighted by molar-refractivity contribution is 0.447. The molecule has 0 aromatic carbocycles. The van der Waals surface area contributed by atoms with E-state index in [1.54, 1.807) is 0 Å². The predicted octanol–water partition coefficient (Wildman–Crippen LogP) is 2.59. The lowest BCUT2D eigenvalue weighted by atomic mass is 10.1. The molecular formula is C14H23BrN4. The first-order valence-electron chi connectivity index (χ1n) is 6.66. The zero-order valence-corrected chi connectivity index (χ0v) is 13.8. The van der Waals surface area contributed by atoms with E-state index in [1.807, 2.05) is 7.05 Å². The van der Waals surface area contributed by atoms with E-state index in [-0.39, 0.29) is 0 Å². The second-order valence-corrected chi connectivity index (χ2v) is 6.74. The van der Waals surface area contributed by atoms with E-state index in [0.29, 0.717) is 5.41 Å². The average Bonchev–Trinajstić information content (AvgIpc) is 2.98. The number of hydrogen-bond donors (Lipinski definition) is 1. The molecule has 1 aliphatic carbocycles. The van der Waals surface area contributed by atoms with Gasteiger partial charge in [0.1, 0.15) is 0 Å². The van der Waals surface area contributed by atoms with Crippen LogP contribution in [0.15, 0.2) is 21.7 Å². The number of nitrogens with zero attached hydrogens (tertiary/aromatic N) is 3. The van der Waals surface area contributed by atoms with Gasteiger partial charge in [-0.3, -0.25) is 4.99 Å². The summed E-state index contributed by atoms with van der Waals surface area (Å²) >= 11 is 3.51. The van der Waals surface area contributed by atoms with Crippen molar-refractivity contribution < 1.29 is 0 Å². The average molecular weight is 327 g/mol. The van der Waals surface area contributed by atoms with Crippen molar-refractivity contribution >= 4 is 21.9 Å². The Morgan fingerprint density at radius 1 is 1.58 bits per heavy atom. The number of aliphatic imine (C=N–C) groups is 1. The lowest BCUT2D eigenvalue weighted by Crippen LogP contribution is -2.41. The third-order valence-corrected chi connectivity index (χ3v) is 4.26. The maximum Gasteiger partial charge on any atom is 0.193 e. The lowest BCUT2D eigenvalue weighted by Gasteiger charge is -2.23. The van der Waals surface area contributed by atoms with Gasteiger partial charge in [0.15, 0.2) is 5.96 Å². The van der Waals surface area contributed by atoms with Gasteiger partial charge in [-0.2, -0.15) is 0 Å². The fraction of sp³-hybridized carbons (Fsp3) is 0.643. The second-order valence-electron chi connectivity index (χ2n) is 5.83. The van der Waals surface area contributed by atoms with Crippen LogP contribution in [0.4, 0.5) is 0 Å². The third kappa shape index (κ3) is 3.75. The molecule has 0 aliphatic heterocycles. The van der Waals surface area contributed by atoms with Crippen LogP contribution in [0.2, 0.25) is 0 Å². The molecule has 1 fully saturated rings. The molecule has 0 unspecified atom stereocenters. The first-order chi connectivity index (χ1) is 8.93. The van der Waals surface area contributed by atoms with Crippen LogP contribution in [0.5, 0.6) is 0 Å². The van der Waals surface area contributed by atoms with Crippen LogP contribution in [0.25, 0.3) is 0 Å². The number of aryl methyl sites for hydroxylation is 1. The molecule has 1 saturated carbocycles. The Bertz CT molecular complexity index is 474. The second kappa shape index (κ2) is 5.57. The standard InChI is InChI=1S/C14H23BrN4/c1-14(5-6-14)10-17-13(16-2)19(4)9-12-7-11(15)8-18(12)3/h7-8H,5-6,9-10H2,1-4H3,(H,16,17). The molecule has 1 heterocycles. The van der Waals surface area contributed by atoms with Crippen LogP contribution in [-0.4, -0.2) is 36.1 Å². The Kier molecular flexibility index (Phi) is 4.23. The Morgan fingerprint density at radius 3 is 2.74 bits per heavy atom. The molecule has 0 bridgehead atoms. The molecule has 0 amide bonds. The minimum Gasteiger partial charge on any atom is -0.356 e. The van der Waals surface area contributed by atoms with Gasteiger partial charge < -0.3 is 14.8 Å². The highest BCUT2D eigenvalue weighted by Crippen LogP contribution is 2.44. The topological polar surface area (TPSA) is 32.6 Å². The van der Waals surface area contributed by atoms with E-state index in [1.165, 1.54) is 18.5 Å². The quantitative estimate of drug-likeness (QED) is 0.681. The SMILES string of the molecule is CN=C(NCC1(C)CC1)N(C)Cc1cc(Br)cn1C. The molecule has 1 aliphatic rings. The summed E-state index contributed by atoms with van der Waals surface area (Å²) in [5.74, 6) is 0.963. The van der Waals surface area contributed by atoms with Crippen LogP contribution in [-0.2, 0) is 13.6 Å². The molecule has 0 atom stereocenters. The number of aromatic nitrogens is 1. The van der Waals surface area contributed by atoms with E-state index >= 15 is 0 Å². The van der Waals surface area contributed by atoms with E-state index in [2.05, 4.69) is 69.0 Å². The predicted molar refractivity (Wildman–Crippen MR) is 83.3 cm³/mol. The molecule has 0 spiro atoms. The number of nitrogens with one attached hydrogen (secondary N) is 1. The maximum absolute atomic E-state index is 4.36. The zero-order valence-electron chi connectivity index (χ0n) is 12.2.